The van der Waals surface area contributed by atoms with E-state index in [-0.39, 0.29) is 12.3 Å². The highest BCUT2D eigenvalue weighted by molar-refractivity contribution is 5.87. The molecule has 0 bridgehead atoms. The Bertz CT molecular complexity index is 521. The first-order valence-corrected chi connectivity index (χ1v) is 6.80. The number of hydrogen-bond donors (Lipinski definition) is 1. The number of aryl methyl sites for hydroxylation is 1. The highest BCUT2D eigenvalue weighted by Gasteiger charge is 2.43. The third-order valence-electron chi connectivity index (χ3n) is 3.80. The summed E-state index contributed by atoms with van der Waals surface area (Å²) in [5.74, 6) is -1.73. The van der Waals surface area contributed by atoms with E-state index < -0.39 is 17.9 Å². The fourth-order valence-electron chi connectivity index (χ4n) is 2.73. The van der Waals surface area contributed by atoms with E-state index in [1.807, 2.05) is 24.3 Å². The summed E-state index contributed by atoms with van der Waals surface area (Å²) in [5, 5.41) is 9.34. The zero-order valence-corrected chi connectivity index (χ0v) is 11.6. The molecule has 2 atom stereocenters. The Morgan fingerprint density at radius 3 is 2.60 bits per heavy atom. The van der Waals surface area contributed by atoms with Crippen LogP contribution >= 0.6 is 0 Å². The minimum atomic E-state index is -0.922. The normalized spacial score (nSPS) is 22.1. The molecule has 0 spiro atoms. The van der Waals surface area contributed by atoms with Crippen LogP contribution in [0.4, 0.5) is 0 Å². The van der Waals surface area contributed by atoms with Gasteiger partial charge in [0, 0.05) is 13.0 Å². The average Bonchev–Trinajstić information content (AvgIpc) is 2.77. The van der Waals surface area contributed by atoms with Gasteiger partial charge in [-0.15, -0.1) is 6.58 Å². The lowest BCUT2D eigenvalue weighted by Crippen LogP contribution is -2.30. The Morgan fingerprint density at radius 1 is 1.45 bits per heavy atom. The second kappa shape index (κ2) is 5.90. The summed E-state index contributed by atoms with van der Waals surface area (Å²) in [6.07, 6.45) is 2.63. The van der Waals surface area contributed by atoms with Gasteiger partial charge in [-0.1, -0.05) is 37.3 Å². The van der Waals surface area contributed by atoms with Gasteiger partial charge in [0.15, 0.2) is 0 Å². The Morgan fingerprint density at radius 2 is 2.10 bits per heavy atom. The van der Waals surface area contributed by atoms with Crippen LogP contribution in [0.2, 0.25) is 0 Å². The highest BCUT2D eigenvalue weighted by Crippen LogP contribution is 2.38. The molecule has 2 rings (SSSR count). The Labute approximate surface area is 118 Å². The van der Waals surface area contributed by atoms with Crippen molar-refractivity contribution in [2.75, 3.05) is 6.54 Å². The van der Waals surface area contributed by atoms with Gasteiger partial charge >= 0.3 is 5.97 Å². The number of likely N-dealkylation sites (tertiary alicyclic amines) is 1. The van der Waals surface area contributed by atoms with Crippen LogP contribution in [0.3, 0.4) is 0 Å². The average molecular weight is 273 g/mol. The van der Waals surface area contributed by atoms with Crippen LogP contribution in [0.5, 0.6) is 0 Å². The lowest BCUT2D eigenvalue weighted by Gasteiger charge is -2.26. The molecule has 4 heteroatoms. The standard InChI is InChI=1S/C16H19NO3/c1-3-9-17-14(18)10-13(16(19)20)15(17)12-7-5-11(4-2)6-8-12/h3,5-8,13,15H,1,4,9-10H2,2H3,(H,19,20). The van der Waals surface area contributed by atoms with E-state index in [1.54, 1.807) is 11.0 Å². The summed E-state index contributed by atoms with van der Waals surface area (Å²) >= 11 is 0. The monoisotopic (exact) mass is 273 g/mol. The molecule has 0 aliphatic carbocycles. The fourth-order valence-corrected chi connectivity index (χ4v) is 2.73. The van der Waals surface area contributed by atoms with Crippen LogP contribution in [-0.2, 0) is 16.0 Å². The predicted octanol–water partition coefficient (Wildman–Crippen LogP) is 2.41. The van der Waals surface area contributed by atoms with Crippen LogP contribution in [0.15, 0.2) is 36.9 Å². The summed E-state index contributed by atoms with van der Waals surface area (Å²) in [6.45, 7) is 6.09. The topological polar surface area (TPSA) is 57.6 Å². The highest BCUT2D eigenvalue weighted by atomic mass is 16.4. The first-order chi connectivity index (χ1) is 9.58. The van der Waals surface area contributed by atoms with Gasteiger partial charge in [0.25, 0.3) is 0 Å². The second-order valence-corrected chi connectivity index (χ2v) is 5.02. The quantitative estimate of drug-likeness (QED) is 0.838. The van der Waals surface area contributed by atoms with Gasteiger partial charge in [0.1, 0.15) is 0 Å². The van der Waals surface area contributed by atoms with Crippen LogP contribution in [-0.4, -0.2) is 28.4 Å². The molecule has 106 valence electrons. The van der Waals surface area contributed by atoms with Gasteiger partial charge in [0.05, 0.1) is 12.0 Å². The van der Waals surface area contributed by atoms with Gasteiger partial charge in [-0.05, 0) is 17.5 Å². The minimum Gasteiger partial charge on any atom is -0.481 e. The van der Waals surface area contributed by atoms with Crippen molar-refractivity contribution >= 4 is 11.9 Å². The first-order valence-electron chi connectivity index (χ1n) is 6.80. The van der Waals surface area contributed by atoms with Crippen molar-refractivity contribution in [1.82, 2.24) is 4.90 Å². The zero-order chi connectivity index (χ0) is 14.7. The fraction of sp³-hybridized carbons (Fsp3) is 0.375. The molecule has 1 aromatic carbocycles. The summed E-state index contributed by atoms with van der Waals surface area (Å²) in [7, 11) is 0. The number of amides is 1. The number of nitrogens with zero attached hydrogens (tertiary/aromatic N) is 1. The third-order valence-corrected chi connectivity index (χ3v) is 3.80. The largest absolute Gasteiger partial charge is 0.481 e. The molecule has 1 aliphatic rings. The maximum Gasteiger partial charge on any atom is 0.309 e. The Balaban J connectivity index is 2.37. The van der Waals surface area contributed by atoms with Crippen molar-refractivity contribution in [3.8, 4) is 0 Å². The SMILES string of the molecule is C=CCN1C(=O)CC(C(=O)O)C1c1ccc(CC)cc1. The molecule has 0 saturated carbocycles. The molecule has 20 heavy (non-hydrogen) atoms. The summed E-state index contributed by atoms with van der Waals surface area (Å²) in [5.41, 5.74) is 2.07. The van der Waals surface area contributed by atoms with Crippen molar-refractivity contribution in [2.24, 2.45) is 5.92 Å². The van der Waals surface area contributed by atoms with E-state index in [4.69, 9.17) is 0 Å². The first kappa shape index (κ1) is 14.3. The van der Waals surface area contributed by atoms with Crippen molar-refractivity contribution < 1.29 is 14.7 Å². The molecular formula is C16H19NO3. The summed E-state index contributed by atoms with van der Waals surface area (Å²) in [4.78, 5) is 25.0. The molecule has 0 radical (unpaired) electrons. The van der Waals surface area contributed by atoms with Gasteiger partial charge in [-0.25, -0.2) is 0 Å². The van der Waals surface area contributed by atoms with Crippen LogP contribution in [0.25, 0.3) is 0 Å². The van der Waals surface area contributed by atoms with Crippen molar-refractivity contribution in [2.45, 2.75) is 25.8 Å². The number of benzene rings is 1. The predicted molar refractivity (Wildman–Crippen MR) is 76.2 cm³/mol. The van der Waals surface area contributed by atoms with E-state index in [1.165, 1.54) is 5.56 Å². The third kappa shape index (κ3) is 2.59. The summed E-state index contributed by atoms with van der Waals surface area (Å²) in [6, 6.07) is 7.43. The number of rotatable bonds is 5. The Hall–Kier alpha value is -2.10. The summed E-state index contributed by atoms with van der Waals surface area (Å²) < 4.78 is 0. The maximum atomic E-state index is 12.0. The number of carbonyl (C=O) groups is 2. The molecule has 1 aliphatic heterocycles. The minimum absolute atomic E-state index is 0.0589. The molecule has 2 unspecified atom stereocenters. The number of carbonyl (C=O) groups excluding carboxylic acids is 1. The molecule has 1 aromatic rings. The maximum absolute atomic E-state index is 12.0. The molecule has 1 fully saturated rings. The van der Waals surface area contributed by atoms with Gasteiger partial charge < -0.3 is 10.0 Å². The smallest absolute Gasteiger partial charge is 0.309 e. The molecule has 1 N–H and O–H groups in total. The number of carboxylic acid groups (broad SMARTS) is 1. The zero-order valence-electron chi connectivity index (χ0n) is 11.6. The van der Waals surface area contributed by atoms with E-state index in [0.29, 0.717) is 6.54 Å². The van der Waals surface area contributed by atoms with E-state index >= 15 is 0 Å². The van der Waals surface area contributed by atoms with Crippen LogP contribution in [0.1, 0.15) is 30.5 Å². The van der Waals surface area contributed by atoms with Crippen LogP contribution in [0, 0.1) is 5.92 Å². The van der Waals surface area contributed by atoms with E-state index in [9.17, 15) is 14.7 Å². The van der Waals surface area contributed by atoms with Gasteiger partial charge in [-0.2, -0.15) is 0 Å². The lowest BCUT2D eigenvalue weighted by molar-refractivity contribution is -0.142. The lowest BCUT2D eigenvalue weighted by atomic mass is 9.93. The van der Waals surface area contributed by atoms with E-state index in [2.05, 4.69) is 13.5 Å². The molecule has 1 saturated heterocycles. The molecule has 1 heterocycles. The second-order valence-electron chi connectivity index (χ2n) is 5.02. The number of hydrogen-bond acceptors (Lipinski definition) is 2. The molecular weight excluding hydrogens is 254 g/mol. The van der Waals surface area contributed by atoms with Gasteiger partial charge in [-0.3, -0.25) is 9.59 Å². The van der Waals surface area contributed by atoms with Crippen molar-refractivity contribution in [1.29, 1.82) is 0 Å². The van der Waals surface area contributed by atoms with Crippen molar-refractivity contribution in [3.05, 3.63) is 48.0 Å². The van der Waals surface area contributed by atoms with Crippen molar-refractivity contribution in [3.63, 3.8) is 0 Å². The molecule has 0 aromatic heterocycles. The Kier molecular flexibility index (Phi) is 4.23. The number of carboxylic acids is 1. The van der Waals surface area contributed by atoms with E-state index in [0.717, 1.165) is 12.0 Å². The van der Waals surface area contributed by atoms with Gasteiger partial charge in [0.2, 0.25) is 5.91 Å². The molecule has 1 amide bonds. The molecule has 4 nitrogen and oxygen atoms in total. The van der Waals surface area contributed by atoms with Crippen LogP contribution < -0.4 is 0 Å². The number of aliphatic carboxylic acids is 1.